The van der Waals surface area contributed by atoms with Crippen molar-refractivity contribution in [3.05, 3.63) is 256 Å². The first-order valence-corrected chi connectivity index (χ1v) is 31.4. The molecule has 88 heavy (non-hydrogen) atoms. The van der Waals surface area contributed by atoms with Gasteiger partial charge in [-0.1, -0.05) is 185 Å². The molecule has 0 aliphatic carbocycles. The third-order valence-corrected chi connectivity index (χ3v) is 15.5. The number of aryl methyl sites for hydroxylation is 2. The zero-order chi connectivity index (χ0) is 61.4. The maximum Gasteiger partial charge on any atom is 0.337 e. The van der Waals surface area contributed by atoms with Crippen molar-refractivity contribution in [2.45, 2.75) is 129 Å². The largest absolute Gasteiger partial charge is 0.512 e. The fraction of sp³-hybridized carbons (Fsp3) is 0.316. The second-order valence-corrected chi connectivity index (χ2v) is 22.8. The van der Waals surface area contributed by atoms with Gasteiger partial charge in [0.15, 0.2) is 0 Å². The molecule has 0 amide bonds. The number of nitrogens with zero attached hydrogens (tertiary/aromatic N) is 6. The fourth-order valence-corrected chi connectivity index (χ4v) is 10.7. The molecular formula is C79H84N6O3. The van der Waals surface area contributed by atoms with E-state index in [9.17, 15) is 15.0 Å². The lowest BCUT2D eigenvalue weighted by Crippen LogP contribution is -2.40. The Hall–Kier alpha value is -9.06. The molecule has 0 unspecified atom stereocenters. The summed E-state index contributed by atoms with van der Waals surface area (Å²) in [5, 5.41) is 20.5. The summed E-state index contributed by atoms with van der Waals surface area (Å²) < 4.78 is 0. The van der Waals surface area contributed by atoms with Gasteiger partial charge in [0.05, 0.1) is 52.0 Å². The number of carboxylic acids is 1. The topological polar surface area (TPSA) is 106 Å². The monoisotopic (exact) mass is 1160 g/mol. The van der Waals surface area contributed by atoms with E-state index in [0.717, 1.165) is 82.7 Å². The number of fused-ring (bicyclic) bond motifs is 2. The number of carbonyl (C=O) groups is 1. The van der Waals surface area contributed by atoms with Gasteiger partial charge in [0, 0.05) is 98.6 Å². The number of aliphatic hydroxyl groups excluding tert-OH is 1. The van der Waals surface area contributed by atoms with E-state index >= 15 is 0 Å². The van der Waals surface area contributed by atoms with Crippen LogP contribution in [0, 0.1) is 47.4 Å². The third kappa shape index (κ3) is 23.7. The molecule has 9 heteroatoms. The van der Waals surface area contributed by atoms with Gasteiger partial charge in [-0.2, -0.15) is 0 Å². The van der Waals surface area contributed by atoms with E-state index in [4.69, 9.17) is 15.0 Å². The van der Waals surface area contributed by atoms with Gasteiger partial charge in [0.25, 0.3) is 0 Å². The highest BCUT2D eigenvalue weighted by Crippen LogP contribution is 2.20. The minimum absolute atomic E-state index is 0.0922. The average molecular weight is 1170 g/mol. The molecule has 7 aromatic rings. The quantitative estimate of drug-likeness (QED) is 0.0250. The van der Waals surface area contributed by atoms with Crippen LogP contribution in [0.15, 0.2) is 177 Å². The summed E-state index contributed by atoms with van der Waals surface area (Å²) in [7, 11) is 0. The molecule has 0 fully saturated rings. The molecule has 4 heterocycles. The number of pyridine rings is 3. The number of rotatable bonds is 25. The molecule has 4 aromatic carbocycles. The predicted molar refractivity (Wildman–Crippen MR) is 359 cm³/mol. The number of hydrogen-bond donors (Lipinski definition) is 2. The summed E-state index contributed by atoms with van der Waals surface area (Å²) in [5.74, 6) is 25.7. The van der Waals surface area contributed by atoms with Crippen molar-refractivity contribution < 1.29 is 15.0 Å². The van der Waals surface area contributed by atoms with Gasteiger partial charge in [-0.25, -0.2) is 4.79 Å². The first kappa shape index (κ1) is 64.9. The average Bonchev–Trinajstić information content (AvgIpc) is 3.18. The van der Waals surface area contributed by atoms with Gasteiger partial charge in [-0.3, -0.25) is 29.7 Å². The second-order valence-electron chi connectivity index (χ2n) is 22.8. The van der Waals surface area contributed by atoms with Crippen molar-refractivity contribution in [1.82, 2.24) is 29.7 Å². The zero-order valence-corrected chi connectivity index (χ0v) is 51.3. The Morgan fingerprint density at radius 2 is 0.886 bits per heavy atom. The van der Waals surface area contributed by atoms with Crippen molar-refractivity contribution in [2.75, 3.05) is 32.7 Å². The van der Waals surface area contributed by atoms with E-state index in [1.807, 2.05) is 78.9 Å². The zero-order valence-electron chi connectivity index (χ0n) is 51.3. The summed E-state index contributed by atoms with van der Waals surface area (Å²) in [6.07, 6.45) is 20.6. The van der Waals surface area contributed by atoms with Crippen LogP contribution < -0.4 is 0 Å². The highest BCUT2D eigenvalue weighted by atomic mass is 16.4. The second kappa shape index (κ2) is 36.2. The summed E-state index contributed by atoms with van der Waals surface area (Å²) in [5.41, 5.74) is 12.1. The number of aliphatic hydroxyl groups is 1. The maximum atomic E-state index is 12.3. The Morgan fingerprint density at radius 3 is 1.40 bits per heavy atom. The number of benzene rings is 4. The molecule has 448 valence electrons. The summed E-state index contributed by atoms with van der Waals surface area (Å²) in [4.78, 5) is 34.1. The number of unbranched alkanes of at least 4 members (excludes halogenated alkanes) is 12. The molecule has 0 saturated heterocycles. The first-order chi connectivity index (χ1) is 43.1. The van der Waals surface area contributed by atoms with Crippen LogP contribution in [0.4, 0.5) is 0 Å². The lowest BCUT2D eigenvalue weighted by molar-refractivity contribution is -0.130. The summed E-state index contributed by atoms with van der Waals surface area (Å²) in [6, 6.07) is 51.3. The standard InChI is InChI=1S/C79H84N6O3/c1-4-73-54-71(48-46-69-42-38-67(39-43-69)34-21-15-11-7-5-9-13-19-28-65-30-23-17-24-31-65)55-76(80-73)61-83-50-52-84(58-63(2)86)59-74-36-27-37-75(81-74)60-85(53-51-83)62-77-56-72(57-78(82-77)64(3)79(87)88)49-47-70-44-40-68(41-45-70)35-22-16-12-8-6-10-14-20-29-66-32-25-18-26-33-66/h4,17-18,23-27,30-33,36-45,54-57,86H,1-3,5-16,19-20,28-29,50-53,58-62H2,(H,87,88). The van der Waals surface area contributed by atoms with Crippen LogP contribution in [0.1, 0.15) is 169 Å². The van der Waals surface area contributed by atoms with Crippen LogP contribution in [0.2, 0.25) is 0 Å². The van der Waals surface area contributed by atoms with E-state index in [1.54, 1.807) is 12.1 Å². The number of hydrogen-bond acceptors (Lipinski definition) is 8. The van der Waals surface area contributed by atoms with Gasteiger partial charge in [0.2, 0.25) is 0 Å². The molecule has 1 aliphatic heterocycles. The molecule has 9 nitrogen and oxygen atoms in total. The van der Waals surface area contributed by atoms with Crippen molar-refractivity contribution in [2.24, 2.45) is 0 Å². The normalized spacial score (nSPS) is 12.7. The SMILES string of the molecule is C=Cc1cc(C#Cc2ccc(C#CCCCCCCCCc3ccccc3)cc2)cc(CN2CCN(CC(=C)O)Cc3cccc(n3)CN(Cc3cc(C#Cc4ccc(C#CCCCCCCCCc5ccccc5)cc4)cc(C(=C)C(=O)O)n3)CC2)n1. The van der Waals surface area contributed by atoms with Crippen molar-refractivity contribution in [3.63, 3.8) is 0 Å². The van der Waals surface area contributed by atoms with E-state index in [2.05, 4.69) is 149 Å². The number of aliphatic carboxylic acids is 1. The molecule has 0 spiro atoms. The van der Waals surface area contributed by atoms with Crippen molar-refractivity contribution in [3.8, 4) is 47.4 Å². The van der Waals surface area contributed by atoms with E-state index in [1.165, 1.54) is 81.8 Å². The summed E-state index contributed by atoms with van der Waals surface area (Å²) >= 11 is 0. The third-order valence-electron chi connectivity index (χ3n) is 15.5. The van der Waals surface area contributed by atoms with Gasteiger partial charge in [-0.05, 0) is 141 Å². The van der Waals surface area contributed by atoms with Gasteiger partial charge in [0.1, 0.15) is 0 Å². The molecule has 0 saturated carbocycles. The lowest BCUT2D eigenvalue weighted by Gasteiger charge is -2.31. The van der Waals surface area contributed by atoms with Crippen LogP contribution >= 0.6 is 0 Å². The van der Waals surface area contributed by atoms with Crippen LogP contribution in [-0.4, -0.2) is 78.6 Å². The maximum absolute atomic E-state index is 12.3. The smallest absolute Gasteiger partial charge is 0.337 e. The van der Waals surface area contributed by atoms with Crippen LogP contribution in [0.5, 0.6) is 0 Å². The molecule has 0 radical (unpaired) electrons. The number of aromatic nitrogens is 3. The molecule has 3 aromatic heterocycles. The fourth-order valence-electron chi connectivity index (χ4n) is 10.7. The lowest BCUT2D eigenvalue weighted by atomic mass is 10.0. The Labute approximate surface area is 524 Å². The molecule has 1 aliphatic rings. The minimum Gasteiger partial charge on any atom is -0.512 e. The summed E-state index contributed by atoms with van der Waals surface area (Å²) in [6.45, 7) is 16.6. The minimum atomic E-state index is -1.15. The Balaban J connectivity index is 0.899. The first-order valence-electron chi connectivity index (χ1n) is 31.4. The van der Waals surface area contributed by atoms with Crippen LogP contribution in [0.25, 0.3) is 11.6 Å². The predicted octanol–water partition coefficient (Wildman–Crippen LogP) is 15.5. The molecule has 8 rings (SSSR count). The van der Waals surface area contributed by atoms with Crippen molar-refractivity contribution in [1.29, 1.82) is 0 Å². The molecule has 0 atom stereocenters. The van der Waals surface area contributed by atoms with Gasteiger partial charge < -0.3 is 10.2 Å². The van der Waals surface area contributed by atoms with Crippen LogP contribution in [0.3, 0.4) is 0 Å². The van der Waals surface area contributed by atoms with Gasteiger partial charge in [-0.15, -0.1) is 0 Å². The Bertz CT molecular complexity index is 3660. The van der Waals surface area contributed by atoms with Gasteiger partial charge >= 0.3 is 5.97 Å². The molecule has 2 bridgehead atoms. The van der Waals surface area contributed by atoms with E-state index in [0.29, 0.717) is 70.2 Å². The van der Waals surface area contributed by atoms with Crippen molar-refractivity contribution >= 4 is 17.6 Å². The van der Waals surface area contributed by atoms with E-state index < -0.39 is 5.97 Å². The molecular weight excluding hydrogens is 1080 g/mol. The highest BCUT2D eigenvalue weighted by Gasteiger charge is 2.20. The molecule has 2 N–H and O–H groups in total. The Kier molecular flexibility index (Phi) is 26.7. The highest BCUT2D eigenvalue weighted by molar-refractivity contribution is 6.13. The number of carboxylic acid groups (broad SMARTS) is 1. The van der Waals surface area contributed by atoms with E-state index in [-0.39, 0.29) is 17.0 Å². The Morgan fingerprint density at radius 1 is 0.455 bits per heavy atom. The van der Waals surface area contributed by atoms with Crippen LogP contribution in [-0.2, 0) is 43.8 Å².